The van der Waals surface area contributed by atoms with Crippen LogP contribution in [0.25, 0.3) is 11.4 Å². The van der Waals surface area contributed by atoms with E-state index in [0.717, 1.165) is 6.07 Å². The maximum atomic E-state index is 14.0. The summed E-state index contributed by atoms with van der Waals surface area (Å²) >= 11 is 0. The van der Waals surface area contributed by atoms with Crippen molar-refractivity contribution in [1.29, 1.82) is 0 Å². The summed E-state index contributed by atoms with van der Waals surface area (Å²) in [6.07, 6.45) is 0.0473. The molecule has 0 saturated heterocycles. The number of hydrogen-bond donors (Lipinski definition) is 1. The lowest BCUT2D eigenvalue weighted by molar-refractivity contribution is 0.501. The lowest BCUT2D eigenvalue weighted by Crippen LogP contribution is -2.18. The van der Waals surface area contributed by atoms with Gasteiger partial charge < -0.3 is 0 Å². The van der Waals surface area contributed by atoms with Crippen LogP contribution in [0.2, 0.25) is 0 Å². The quantitative estimate of drug-likeness (QED) is 0.728. The number of benzene rings is 2. The van der Waals surface area contributed by atoms with Crippen molar-refractivity contribution in [3.63, 3.8) is 0 Å². The van der Waals surface area contributed by atoms with Gasteiger partial charge in [0, 0.05) is 19.0 Å². The van der Waals surface area contributed by atoms with E-state index in [-0.39, 0.29) is 16.9 Å². The lowest BCUT2D eigenvalue weighted by atomic mass is 9.99. The van der Waals surface area contributed by atoms with Gasteiger partial charge in [0.1, 0.15) is 0 Å². The summed E-state index contributed by atoms with van der Waals surface area (Å²) in [7, 11) is -0.792. The maximum Gasteiger partial charge on any atom is 0.240 e. The van der Waals surface area contributed by atoms with Gasteiger partial charge in [-0.25, -0.2) is 26.6 Å². The minimum absolute atomic E-state index is 0.0152. The molecule has 0 bridgehead atoms. The molecule has 26 heavy (non-hydrogen) atoms. The highest BCUT2D eigenvalue weighted by Gasteiger charge is 2.19. The van der Waals surface area contributed by atoms with Crippen molar-refractivity contribution in [1.82, 2.24) is 24.9 Å². The fourth-order valence-corrected chi connectivity index (χ4v) is 3.31. The molecule has 0 radical (unpaired) electrons. The molecule has 0 fully saturated rings. The lowest BCUT2D eigenvalue weighted by Gasteiger charge is -2.12. The second kappa shape index (κ2) is 6.89. The predicted molar refractivity (Wildman–Crippen MR) is 89.6 cm³/mol. The van der Waals surface area contributed by atoms with Crippen molar-refractivity contribution in [2.45, 2.75) is 11.3 Å². The molecule has 1 N–H and O–H groups in total. The zero-order valence-corrected chi connectivity index (χ0v) is 14.8. The number of sulfonamides is 1. The number of nitrogens with one attached hydrogen (secondary N) is 1. The Morgan fingerprint density at radius 3 is 2.58 bits per heavy atom. The molecule has 3 aromatic rings. The summed E-state index contributed by atoms with van der Waals surface area (Å²) in [4.78, 5) is 0.0152. The largest absolute Gasteiger partial charge is 0.240 e. The van der Waals surface area contributed by atoms with Gasteiger partial charge in [-0.15, -0.1) is 5.10 Å². The maximum absolute atomic E-state index is 14.0. The Kier molecular flexibility index (Phi) is 4.79. The molecule has 3 rings (SSSR count). The van der Waals surface area contributed by atoms with Gasteiger partial charge in [-0.2, -0.15) is 0 Å². The molecule has 0 spiro atoms. The van der Waals surface area contributed by atoms with Crippen LogP contribution in [0.3, 0.4) is 0 Å². The topological polar surface area (TPSA) is 89.8 Å². The van der Waals surface area contributed by atoms with Crippen LogP contribution in [0.15, 0.2) is 41.3 Å². The van der Waals surface area contributed by atoms with Crippen LogP contribution in [-0.4, -0.2) is 35.7 Å². The monoisotopic (exact) mass is 379 g/mol. The van der Waals surface area contributed by atoms with E-state index in [1.807, 2.05) is 0 Å². The second-order valence-electron chi connectivity index (χ2n) is 5.54. The van der Waals surface area contributed by atoms with Crippen LogP contribution in [0, 0.1) is 11.6 Å². The van der Waals surface area contributed by atoms with Gasteiger partial charge in [-0.05, 0) is 46.8 Å². The minimum atomic E-state index is -3.69. The molecule has 7 nitrogen and oxygen atoms in total. The van der Waals surface area contributed by atoms with Crippen molar-refractivity contribution < 1.29 is 17.2 Å². The molecule has 1 heterocycles. The fourth-order valence-electron chi connectivity index (χ4n) is 2.55. The first-order valence-corrected chi connectivity index (χ1v) is 9.04. The molecular formula is C16H15F2N5O2S. The van der Waals surface area contributed by atoms with Crippen LogP contribution in [-0.2, 0) is 23.5 Å². The smallest absolute Gasteiger partial charge is 0.229 e. The van der Waals surface area contributed by atoms with Gasteiger partial charge in [0.25, 0.3) is 0 Å². The number of tetrazole rings is 1. The van der Waals surface area contributed by atoms with Gasteiger partial charge in [0.15, 0.2) is 17.5 Å². The van der Waals surface area contributed by atoms with Gasteiger partial charge in [0.2, 0.25) is 10.0 Å². The van der Waals surface area contributed by atoms with Crippen molar-refractivity contribution >= 4 is 10.0 Å². The summed E-state index contributed by atoms with van der Waals surface area (Å²) in [6, 6.07) is 8.26. The van der Waals surface area contributed by atoms with Crippen LogP contribution < -0.4 is 4.72 Å². The summed E-state index contributed by atoms with van der Waals surface area (Å²) < 4.78 is 55.3. The normalized spacial score (nSPS) is 11.7. The number of hydrogen-bond acceptors (Lipinski definition) is 5. The molecule has 0 aliphatic heterocycles. The second-order valence-corrected chi connectivity index (χ2v) is 7.43. The first-order chi connectivity index (χ1) is 12.3. The van der Waals surface area contributed by atoms with Crippen molar-refractivity contribution in [2.75, 3.05) is 7.05 Å². The molecule has 0 unspecified atom stereocenters. The van der Waals surface area contributed by atoms with Crippen LogP contribution in [0.4, 0.5) is 8.78 Å². The van der Waals surface area contributed by atoms with Gasteiger partial charge in [-0.3, -0.25) is 0 Å². The zero-order chi connectivity index (χ0) is 18.9. The van der Waals surface area contributed by atoms with Crippen LogP contribution in [0.1, 0.15) is 11.1 Å². The molecule has 2 aromatic carbocycles. The number of nitrogens with zero attached hydrogens (tertiary/aromatic N) is 4. The van der Waals surface area contributed by atoms with E-state index >= 15 is 0 Å². The van der Waals surface area contributed by atoms with E-state index in [0.29, 0.717) is 17.0 Å². The zero-order valence-electron chi connectivity index (χ0n) is 13.9. The molecule has 0 aliphatic carbocycles. The van der Waals surface area contributed by atoms with Gasteiger partial charge in [-0.1, -0.05) is 18.2 Å². The fraction of sp³-hybridized carbons (Fsp3) is 0.188. The Morgan fingerprint density at radius 1 is 1.15 bits per heavy atom. The Hall–Kier alpha value is -2.72. The number of rotatable bonds is 5. The third kappa shape index (κ3) is 3.33. The highest BCUT2D eigenvalue weighted by Crippen LogP contribution is 2.27. The molecule has 1 aromatic heterocycles. The number of halogens is 2. The average molecular weight is 379 g/mol. The van der Waals surface area contributed by atoms with Crippen molar-refractivity contribution in [2.24, 2.45) is 7.05 Å². The Balaban J connectivity index is 2.16. The summed E-state index contributed by atoms with van der Waals surface area (Å²) in [5.41, 5.74) is 1.12. The number of aryl methyl sites for hydroxylation is 1. The standard InChI is InChI=1S/C16H15F2N5O2S/c1-19-26(24,25)12-7-6-10(8-11-4-3-5-14(17)15(11)18)13(9-12)16-20-21-22-23(16)2/h3-7,9,19H,8H2,1-2H3. The van der Waals surface area contributed by atoms with E-state index < -0.39 is 21.7 Å². The van der Waals surface area contributed by atoms with E-state index in [1.54, 1.807) is 13.1 Å². The van der Waals surface area contributed by atoms with Gasteiger partial charge in [0.05, 0.1) is 4.90 Å². The molecule has 10 heteroatoms. The van der Waals surface area contributed by atoms with Gasteiger partial charge >= 0.3 is 0 Å². The third-order valence-electron chi connectivity index (χ3n) is 3.93. The summed E-state index contributed by atoms with van der Waals surface area (Å²) in [5, 5.41) is 11.2. The van der Waals surface area contributed by atoms with E-state index in [4.69, 9.17) is 0 Å². The molecule has 0 atom stereocenters. The summed E-state index contributed by atoms with van der Waals surface area (Å²) in [5.74, 6) is -1.58. The predicted octanol–water partition coefficient (Wildman–Crippen LogP) is 1.65. The molecule has 0 amide bonds. The molecule has 136 valence electrons. The first kappa shape index (κ1) is 18.1. The minimum Gasteiger partial charge on any atom is -0.229 e. The number of aromatic nitrogens is 4. The van der Waals surface area contributed by atoms with Crippen molar-refractivity contribution in [3.8, 4) is 11.4 Å². The van der Waals surface area contributed by atoms with Crippen LogP contribution in [0.5, 0.6) is 0 Å². The van der Waals surface area contributed by atoms with E-state index in [1.165, 1.54) is 36.0 Å². The Labute approximate surface area is 148 Å². The molecular weight excluding hydrogens is 364 g/mol. The highest BCUT2D eigenvalue weighted by atomic mass is 32.2. The van der Waals surface area contributed by atoms with Crippen LogP contribution >= 0.6 is 0 Å². The third-order valence-corrected chi connectivity index (χ3v) is 5.35. The van der Waals surface area contributed by atoms with E-state index in [9.17, 15) is 17.2 Å². The summed E-state index contributed by atoms with van der Waals surface area (Å²) in [6.45, 7) is 0. The Bertz CT molecular complexity index is 1070. The SMILES string of the molecule is CNS(=O)(=O)c1ccc(Cc2cccc(F)c2F)c(-c2nnnn2C)c1. The molecule has 0 aliphatic rings. The van der Waals surface area contributed by atoms with Crippen molar-refractivity contribution in [3.05, 3.63) is 59.2 Å². The highest BCUT2D eigenvalue weighted by molar-refractivity contribution is 7.89. The van der Waals surface area contributed by atoms with E-state index in [2.05, 4.69) is 20.2 Å². The molecule has 0 saturated carbocycles. The average Bonchev–Trinajstić information content (AvgIpc) is 3.05. The Morgan fingerprint density at radius 2 is 1.92 bits per heavy atom. The first-order valence-electron chi connectivity index (χ1n) is 7.55.